The van der Waals surface area contributed by atoms with Gasteiger partial charge in [-0.2, -0.15) is 0 Å². The molecule has 3 rings (SSSR count). The first-order valence-electron chi connectivity index (χ1n) is 10.7. The minimum atomic E-state index is -0.0997. The van der Waals surface area contributed by atoms with Crippen LogP contribution in [0.5, 0.6) is 17.2 Å². The topological polar surface area (TPSA) is 87.5 Å². The van der Waals surface area contributed by atoms with Gasteiger partial charge in [-0.05, 0) is 42.7 Å². The van der Waals surface area contributed by atoms with E-state index in [2.05, 4.69) is 29.4 Å². The number of hydrogen-bond donors (Lipinski definition) is 1. The molecule has 8 nitrogen and oxygen atoms in total. The number of carbonyl (C=O) groups is 1. The fourth-order valence-electron chi connectivity index (χ4n) is 3.38. The second kappa shape index (κ2) is 11.1. The lowest BCUT2D eigenvalue weighted by Crippen LogP contribution is -2.14. The molecule has 1 N–H and O–H groups in total. The highest BCUT2D eigenvalue weighted by molar-refractivity contribution is 7.99. The van der Waals surface area contributed by atoms with E-state index < -0.39 is 0 Å². The Morgan fingerprint density at radius 3 is 2.18 bits per heavy atom. The van der Waals surface area contributed by atoms with Crippen LogP contribution in [0.2, 0.25) is 0 Å². The number of thioether (sulfide) groups is 1. The molecule has 0 aliphatic heterocycles. The van der Waals surface area contributed by atoms with Crippen molar-refractivity contribution in [1.29, 1.82) is 0 Å². The van der Waals surface area contributed by atoms with Crippen molar-refractivity contribution >= 4 is 23.4 Å². The van der Waals surface area contributed by atoms with Crippen molar-refractivity contribution in [1.82, 2.24) is 14.8 Å². The summed E-state index contributed by atoms with van der Waals surface area (Å²) in [6, 6.07) is 11.6. The Hall–Kier alpha value is -3.20. The maximum Gasteiger partial charge on any atom is 0.234 e. The smallest absolute Gasteiger partial charge is 0.234 e. The molecular weight excluding hydrogens is 440 g/mol. The molecule has 0 unspecified atom stereocenters. The Kier molecular flexibility index (Phi) is 8.21. The SMILES string of the molecule is CCn1c(SCC(=O)Nc2ccc(C(C)C)cc2)nnc1-c1cc(OC)c(OC)c(OC)c1. The predicted octanol–water partition coefficient (Wildman–Crippen LogP) is 4.85. The minimum absolute atomic E-state index is 0.0997. The number of rotatable bonds is 10. The third-order valence-electron chi connectivity index (χ3n) is 5.15. The molecular formula is C24H30N4O4S. The van der Waals surface area contributed by atoms with Gasteiger partial charge in [0.1, 0.15) is 0 Å². The second-order valence-electron chi connectivity index (χ2n) is 7.58. The number of ether oxygens (including phenoxy) is 3. The number of benzene rings is 2. The molecule has 0 saturated carbocycles. The van der Waals surface area contributed by atoms with Crippen molar-refractivity contribution in [2.24, 2.45) is 0 Å². The van der Waals surface area contributed by atoms with Crippen LogP contribution in [0.3, 0.4) is 0 Å². The average molecular weight is 471 g/mol. The molecule has 9 heteroatoms. The van der Waals surface area contributed by atoms with Gasteiger partial charge < -0.3 is 24.1 Å². The summed E-state index contributed by atoms with van der Waals surface area (Å²) >= 11 is 1.34. The summed E-state index contributed by atoms with van der Waals surface area (Å²) in [7, 11) is 4.71. The van der Waals surface area contributed by atoms with Crippen LogP contribution in [0, 0.1) is 0 Å². The highest BCUT2D eigenvalue weighted by atomic mass is 32.2. The molecule has 0 fully saturated rings. The monoisotopic (exact) mass is 470 g/mol. The molecule has 0 saturated heterocycles. The van der Waals surface area contributed by atoms with Crippen molar-refractivity contribution in [2.45, 2.75) is 38.4 Å². The molecule has 0 aliphatic carbocycles. The normalized spacial score (nSPS) is 10.9. The third kappa shape index (κ3) is 5.60. The Bertz CT molecular complexity index is 1070. The van der Waals surface area contributed by atoms with Crippen LogP contribution in [0.4, 0.5) is 5.69 Å². The van der Waals surface area contributed by atoms with E-state index >= 15 is 0 Å². The number of amides is 1. The molecule has 176 valence electrons. The number of nitrogens with zero attached hydrogens (tertiary/aromatic N) is 3. The number of carbonyl (C=O) groups excluding carboxylic acids is 1. The van der Waals surface area contributed by atoms with Crippen LogP contribution in [0.1, 0.15) is 32.3 Å². The maximum atomic E-state index is 12.5. The average Bonchev–Trinajstić information content (AvgIpc) is 3.25. The van der Waals surface area contributed by atoms with E-state index in [1.54, 1.807) is 21.3 Å². The fraction of sp³-hybridized carbons (Fsp3) is 0.375. The Labute approximate surface area is 198 Å². The van der Waals surface area contributed by atoms with Gasteiger partial charge in [0.15, 0.2) is 22.5 Å². The van der Waals surface area contributed by atoms with Gasteiger partial charge in [0.2, 0.25) is 11.7 Å². The quantitative estimate of drug-likeness (QED) is 0.424. The zero-order valence-corrected chi connectivity index (χ0v) is 20.7. The standard InChI is InChI=1S/C24H30N4O4S/c1-7-28-23(17-12-19(30-4)22(32-6)20(13-17)31-5)26-27-24(28)33-14-21(29)25-18-10-8-16(9-11-18)15(2)3/h8-13,15H,7,14H2,1-6H3,(H,25,29). The van der Waals surface area contributed by atoms with Gasteiger partial charge in [0.25, 0.3) is 0 Å². The van der Waals surface area contributed by atoms with E-state index in [-0.39, 0.29) is 11.7 Å². The van der Waals surface area contributed by atoms with Crippen molar-refractivity contribution in [2.75, 3.05) is 32.4 Å². The van der Waals surface area contributed by atoms with Gasteiger partial charge in [-0.1, -0.05) is 37.7 Å². The van der Waals surface area contributed by atoms with Gasteiger partial charge in [-0.15, -0.1) is 10.2 Å². The summed E-state index contributed by atoms with van der Waals surface area (Å²) in [6.07, 6.45) is 0. The van der Waals surface area contributed by atoms with Crippen LogP contribution >= 0.6 is 11.8 Å². The van der Waals surface area contributed by atoms with Crippen LogP contribution < -0.4 is 19.5 Å². The van der Waals surface area contributed by atoms with E-state index in [0.717, 1.165) is 11.3 Å². The van der Waals surface area contributed by atoms with Gasteiger partial charge in [-0.25, -0.2) is 0 Å². The van der Waals surface area contributed by atoms with Gasteiger partial charge >= 0.3 is 0 Å². The molecule has 0 aliphatic rings. The molecule has 33 heavy (non-hydrogen) atoms. The van der Waals surface area contributed by atoms with Crippen molar-refractivity contribution in [3.63, 3.8) is 0 Å². The van der Waals surface area contributed by atoms with E-state index in [9.17, 15) is 4.79 Å². The van der Waals surface area contributed by atoms with E-state index in [0.29, 0.717) is 40.7 Å². The summed E-state index contributed by atoms with van der Waals surface area (Å²) in [6.45, 7) is 6.92. The second-order valence-corrected chi connectivity index (χ2v) is 8.52. The molecule has 0 radical (unpaired) electrons. The van der Waals surface area contributed by atoms with Crippen LogP contribution in [-0.2, 0) is 11.3 Å². The van der Waals surface area contributed by atoms with Crippen molar-refractivity contribution < 1.29 is 19.0 Å². The first-order chi connectivity index (χ1) is 15.9. The molecule has 1 heterocycles. The lowest BCUT2D eigenvalue weighted by molar-refractivity contribution is -0.113. The number of nitrogens with one attached hydrogen (secondary N) is 1. The number of anilines is 1. The highest BCUT2D eigenvalue weighted by Crippen LogP contribution is 2.41. The zero-order chi connectivity index (χ0) is 24.0. The Morgan fingerprint density at radius 1 is 1.03 bits per heavy atom. The molecule has 1 amide bonds. The number of aromatic nitrogens is 3. The molecule has 2 aromatic carbocycles. The molecule has 0 bridgehead atoms. The summed E-state index contributed by atoms with van der Waals surface area (Å²) in [5, 5.41) is 12.3. The third-order valence-corrected chi connectivity index (χ3v) is 6.12. The maximum absolute atomic E-state index is 12.5. The minimum Gasteiger partial charge on any atom is -0.493 e. The summed E-state index contributed by atoms with van der Waals surface area (Å²) < 4.78 is 18.3. The summed E-state index contributed by atoms with van der Waals surface area (Å²) in [5.41, 5.74) is 2.79. The highest BCUT2D eigenvalue weighted by Gasteiger charge is 2.19. The Balaban J connectivity index is 1.75. The first-order valence-corrected chi connectivity index (χ1v) is 11.7. The predicted molar refractivity (Wildman–Crippen MR) is 131 cm³/mol. The molecule has 1 aromatic heterocycles. The zero-order valence-electron chi connectivity index (χ0n) is 19.8. The van der Waals surface area contributed by atoms with E-state index in [1.807, 2.05) is 47.9 Å². The van der Waals surface area contributed by atoms with Gasteiger partial charge in [-0.3, -0.25) is 4.79 Å². The number of methoxy groups -OCH3 is 3. The molecule has 3 aromatic rings. The Morgan fingerprint density at radius 2 is 1.67 bits per heavy atom. The lowest BCUT2D eigenvalue weighted by Gasteiger charge is -2.14. The van der Waals surface area contributed by atoms with Crippen LogP contribution in [-0.4, -0.2) is 47.8 Å². The van der Waals surface area contributed by atoms with Gasteiger partial charge in [0.05, 0.1) is 27.1 Å². The lowest BCUT2D eigenvalue weighted by atomic mass is 10.0. The largest absolute Gasteiger partial charge is 0.493 e. The van der Waals surface area contributed by atoms with E-state index in [1.165, 1.54) is 17.3 Å². The van der Waals surface area contributed by atoms with Gasteiger partial charge in [0, 0.05) is 17.8 Å². The van der Waals surface area contributed by atoms with E-state index in [4.69, 9.17) is 14.2 Å². The number of hydrogen-bond acceptors (Lipinski definition) is 7. The van der Waals surface area contributed by atoms with Crippen LogP contribution in [0.25, 0.3) is 11.4 Å². The van der Waals surface area contributed by atoms with Crippen LogP contribution in [0.15, 0.2) is 41.6 Å². The molecule has 0 spiro atoms. The summed E-state index contributed by atoms with van der Waals surface area (Å²) in [5.74, 6) is 2.81. The van der Waals surface area contributed by atoms with Crippen molar-refractivity contribution in [3.05, 3.63) is 42.0 Å². The molecule has 0 atom stereocenters. The van der Waals surface area contributed by atoms with Crippen molar-refractivity contribution in [3.8, 4) is 28.6 Å². The summed E-state index contributed by atoms with van der Waals surface area (Å²) in [4.78, 5) is 12.5. The first kappa shape index (κ1) is 24.4. The fourth-order valence-corrected chi connectivity index (χ4v) is 4.19.